The van der Waals surface area contributed by atoms with Crippen LogP contribution in [0.2, 0.25) is 0 Å². The summed E-state index contributed by atoms with van der Waals surface area (Å²) in [4.78, 5) is 0. The van der Waals surface area contributed by atoms with Crippen LogP contribution in [-0.4, -0.2) is 12.2 Å². The topological polar surface area (TPSA) is 38.7 Å². The lowest BCUT2D eigenvalue weighted by Gasteiger charge is -2.31. The predicted octanol–water partition coefficient (Wildman–Crippen LogP) is 3.87. The van der Waals surface area contributed by atoms with E-state index in [-0.39, 0.29) is 6.10 Å². The van der Waals surface area contributed by atoms with Crippen molar-refractivity contribution in [2.24, 2.45) is 0 Å². The van der Waals surface area contributed by atoms with Gasteiger partial charge in [0.2, 0.25) is 0 Å². The van der Waals surface area contributed by atoms with Gasteiger partial charge in [0, 0.05) is 18.1 Å². The van der Waals surface area contributed by atoms with E-state index in [9.17, 15) is 5.11 Å². The van der Waals surface area contributed by atoms with Crippen molar-refractivity contribution < 1.29 is 14.6 Å². The van der Waals surface area contributed by atoms with Crippen LogP contribution in [0.25, 0.3) is 0 Å². The fourth-order valence-electron chi connectivity index (χ4n) is 2.93. The zero-order valence-corrected chi connectivity index (χ0v) is 12.6. The molecule has 3 rings (SSSR count). The Balaban J connectivity index is 1.96. The molecule has 21 heavy (non-hydrogen) atoms. The van der Waals surface area contributed by atoms with Gasteiger partial charge in [0.1, 0.15) is 17.6 Å². The lowest BCUT2D eigenvalue weighted by atomic mass is 9.92. The van der Waals surface area contributed by atoms with E-state index in [4.69, 9.17) is 9.47 Å². The highest BCUT2D eigenvalue weighted by Crippen LogP contribution is 2.42. The summed E-state index contributed by atoms with van der Waals surface area (Å²) in [5.74, 6) is 1.44. The summed E-state index contributed by atoms with van der Waals surface area (Å²) >= 11 is 0. The van der Waals surface area contributed by atoms with Crippen LogP contribution in [0.4, 0.5) is 0 Å². The molecule has 2 atom stereocenters. The number of hydrogen-bond acceptors (Lipinski definition) is 3. The van der Waals surface area contributed by atoms with E-state index in [0.717, 1.165) is 16.9 Å². The largest absolute Gasteiger partial charge is 0.497 e. The quantitative estimate of drug-likeness (QED) is 0.910. The molecule has 0 aromatic heterocycles. The summed E-state index contributed by atoms with van der Waals surface area (Å²) in [7, 11) is 1.63. The maximum absolute atomic E-state index is 10.4. The van der Waals surface area contributed by atoms with Gasteiger partial charge in [0.05, 0.1) is 13.2 Å². The number of hydrogen-bond donors (Lipinski definition) is 1. The van der Waals surface area contributed by atoms with Gasteiger partial charge in [-0.2, -0.15) is 0 Å². The molecule has 0 saturated carbocycles. The van der Waals surface area contributed by atoms with Crippen LogP contribution >= 0.6 is 0 Å². The molecular formula is C18H20O3. The number of aryl methyl sites for hydroxylation is 2. The Morgan fingerprint density at radius 2 is 1.86 bits per heavy atom. The van der Waals surface area contributed by atoms with E-state index < -0.39 is 6.10 Å². The standard InChI is InChI=1S/C18H20O3/c1-11-4-6-14(12(2)8-11)18-10-16(19)15-7-5-13(20-3)9-17(15)21-18/h4-9,16,18-19H,10H2,1-3H3. The molecule has 0 radical (unpaired) electrons. The molecule has 0 spiro atoms. The smallest absolute Gasteiger partial charge is 0.129 e. The van der Waals surface area contributed by atoms with Crippen molar-refractivity contribution in [3.05, 3.63) is 58.7 Å². The molecule has 2 unspecified atom stereocenters. The van der Waals surface area contributed by atoms with Crippen LogP contribution in [0.5, 0.6) is 11.5 Å². The first-order valence-corrected chi connectivity index (χ1v) is 7.18. The van der Waals surface area contributed by atoms with Crippen molar-refractivity contribution in [3.8, 4) is 11.5 Å². The van der Waals surface area contributed by atoms with E-state index >= 15 is 0 Å². The van der Waals surface area contributed by atoms with Gasteiger partial charge in [0.15, 0.2) is 0 Å². The van der Waals surface area contributed by atoms with Crippen LogP contribution < -0.4 is 9.47 Å². The van der Waals surface area contributed by atoms with Crippen LogP contribution in [0.3, 0.4) is 0 Å². The molecule has 1 aliphatic rings. The van der Waals surface area contributed by atoms with E-state index in [0.29, 0.717) is 12.2 Å². The molecule has 110 valence electrons. The Labute approximate surface area is 125 Å². The Morgan fingerprint density at radius 3 is 2.57 bits per heavy atom. The first-order valence-electron chi connectivity index (χ1n) is 7.18. The van der Waals surface area contributed by atoms with E-state index in [1.54, 1.807) is 7.11 Å². The van der Waals surface area contributed by atoms with Gasteiger partial charge in [0.25, 0.3) is 0 Å². The molecule has 0 amide bonds. The van der Waals surface area contributed by atoms with Crippen molar-refractivity contribution in [3.63, 3.8) is 0 Å². The average molecular weight is 284 g/mol. The summed E-state index contributed by atoms with van der Waals surface area (Å²) in [5.41, 5.74) is 4.39. The number of methoxy groups -OCH3 is 1. The second kappa shape index (κ2) is 5.41. The van der Waals surface area contributed by atoms with E-state index in [1.807, 2.05) is 18.2 Å². The van der Waals surface area contributed by atoms with Crippen molar-refractivity contribution in [2.45, 2.75) is 32.5 Å². The Bertz CT molecular complexity index is 664. The second-order valence-electron chi connectivity index (χ2n) is 5.62. The number of fused-ring (bicyclic) bond motifs is 1. The molecule has 3 heteroatoms. The molecule has 1 heterocycles. The van der Waals surface area contributed by atoms with Gasteiger partial charge >= 0.3 is 0 Å². The van der Waals surface area contributed by atoms with E-state index in [1.165, 1.54) is 11.1 Å². The highest BCUT2D eigenvalue weighted by molar-refractivity contribution is 5.44. The van der Waals surface area contributed by atoms with Crippen molar-refractivity contribution in [2.75, 3.05) is 7.11 Å². The Morgan fingerprint density at radius 1 is 1.10 bits per heavy atom. The van der Waals surface area contributed by atoms with E-state index in [2.05, 4.69) is 32.0 Å². The number of benzene rings is 2. The predicted molar refractivity (Wildman–Crippen MR) is 81.9 cm³/mol. The summed E-state index contributed by atoms with van der Waals surface area (Å²) < 4.78 is 11.3. The lowest BCUT2D eigenvalue weighted by molar-refractivity contribution is 0.0652. The second-order valence-corrected chi connectivity index (χ2v) is 5.62. The third-order valence-electron chi connectivity index (χ3n) is 4.06. The van der Waals surface area contributed by atoms with Crippen LogP contribution in [0, 0.1) is 13.8 Å². The minimum Gasteiger partial charge on any atom is -0.497 e. The van der Waals surface area contributed by atoms with Gasteiger partial charge in [-0.25, -0.2) is 0 Å². The van der Waals surface area contributed by atoms with Crippen molar-refractivity contribution in [1.29, 1.82) is 0 Å². The monoisotopic (exact) mass is 284 g/mol. The number of ether oxygens (including phenoxy) is 2. The minimum absolute atomic E-state index is 0.125. The highest BCUT2D eigenvalue weighted by atomic mass is 16.5. The SMILES string of the molecule is COc1ccc2c(c1)OC(c1ccc(C)cc1C)CC2O. The fraction of sp³-hybridized carbons (Fsp3) is 0.333. The minimum atomic E-state index is -0.509. The van der Waals surface area contributed by atoms with Gasteiger partial charge in [-0.15, -0.1) is 0 Å². The van der Waals surface area contributed by atoms with Crippen molar-refractivity contribution in [1.82, 2.24) is 0 Å². The number of rotatable bonds is 2. The van der Waals surface area contributed by atoms with Crippen LogP contribution in [0.15, 0.2) is 36.4 Å². The number of aliphatic hydroxyl groups excluding tert-OH is 1. The Kier molecular flexibility index (Phi) is 3.60. The summed E-state index contributed by atoms with van der Waals surface area (Å²) in [6.45, 7) is 4.16. The Hall–Kier alpha value is -2.00. The summed E-state index contributed by atoms with van der Waals surface area (Å²) in [5, 5.41) is 10.4. The zero-order valence-electron chi connectivity index (χ0n) is 12.6. The third-order valence-corrected chi connectivity index (χ3v) is 4.06. The summed E-state index contributed by atoms with van der Waals surface area (Å²) in [6.07, 6.45) is -0.0611. The average Bonchev–Trinajstić information content (AvgIpc) is 2.46. The van der Waals surface area contributed by atoms with Gasteiger partial charge in [-0.1, -0.05) is 23.8 Å². The molecule has 0 fully saturated rings. The molecule has 1 N–H and O–H groups in total. The molecule has 2 aromatic rings. The summed E-state index contributed by atoms with van der Waals surface area (Å²) in [6, 6.07) is 11.9. The maximum atomic E-state index is 10.4. The molecule has 0 aliphatic carbocycles. The molecule has 1 aliphatic heterocycles. The molecule has 2 aromatic carbocycles. The van der Waals surface area contributed by atoms with Gasteiger partial charge < -0.3 is 14.6 Å². The first kappa shape index (κ1) is 14.0. The fourth-order valence-corrected chi connectivity index (χ4v) is 2.93. The first-order chi connectivity index (χ1) is 10.1. The van der Waals surface area contributed by atoms with Gasteiger partial charge in [-0.05, 0) is 37.1 Å². The van der Waals surface area contributed by atoms with Crippen LogP contribution in [-0.2, 0) is 0 Å². The van der Waals surface area contributed by atoms with Gasteiger partial charge in [-0.3, -0.25) is 0 Å². The maximum Gasteiger partial charge on any atom is 0.129 e. The molecule has 0 saturated heterocycles. The van der Waals surface area contributed by atoms with Crippen LogP contribution in [0.1, 0.15) is 40.9 Å². The lowest BCUT2D eigenvalue weighted by Crippen LogP contribution is -2.19. The number of aliphatic hydroxyl groups is 1. The normalized spacial score (nSPS) is 20.6. The molecule has 3 nitrogen and oxygen atoms in total. The molecule has 0 bridgehead atoms. The molecular weight excluding hydrogens is 264 g/mol. The highest BCUT2D eigenvalue weighted by Gasteiger charge is 2.29. The zero-order chi connectivity index (χ0) is 15.0. The van der Waals surface area contributed by atoms with Crippen molar-refractivity contribution >= 4 is 0 Å². The third kappa shape index (κ3) is 2.61.